The SMILES string of the molecule is O=C(Cc1c[nH]c2ccccc12)Nc1ccc(F)nc1. The first-order chi connectivity index (χ1) is 9.72. The molecule has 0 radical (unpaired) electrons. The van der Waals surface area contributed by atoms with Crippen molar-refractivity contribution in [1.82, 2.24) is 9.97 Å². The topological polar surface area (TPSA) is 57.8 Å². The van der Waals surface area contributed by atoms with Crippen molar-refractivity contribution in [3.05, 3.63) is 60.3 Å². The number of carbonyl (C=O) groups is 1. The first-order valence-corrected chi connectivity index (χ1v) is 6.19. The van der Waals surface area contributed by atoms with Crippen molar-refractivity contribution in [3.63, 3.8) is 0 Å². The third-order valence-corrected chi connectivity index (χ3v) is 3.04. The minimum Gasteiger partial charge on any atom is -0.361 e. The smallest absolute Gasteiger partial charge is 0.228 e. The van der Waals surface area contributed by atoms with E-state index in [4.69, 9.17) is 0 Å². The molecule has 0 spiro atoms. The molecule has 3 rings (SSSR count). The average molecular weight is 269 g/mol. The number of amides is 1. The van der Waals surface area contributed by atoms with Crippen molar-refractivity contribution < 1.29 is 9.18 Å². The molecular weight excluding hydrogens is 257 g/mol. The molecule has 4 nitrogen and oxygen atoms in total. The summed E-state index contributed by atoms with van der Waals surface area (Å²) in [7, 11) is 0. The number of benzene rings is 1. The molecule has 2 heterocycles. The van der Waals surface area contributed by atoms with Gasteiger partial charge in [0.1, 0.15) is 0 Å². The monoisotopic (exact) mass is 269 g/mol. The van der Waals surface area contributed by atoms with Crippen molar-refractivity contribution in [1.29, 1.82) is 0 Å². The molecule has 0 aliphatic carbocycles. The van der Waals surface area contributed by atoms with Crippen LogP contribution in [0.3, 0.4) is 0 Å². The fourth-order valence-electron chi connectivity index (χ4n) is 2.11. The van der Waals surface area contributed by atoms with Crippen LogP contribution < -0.4 is 5.32 Å². The van der Waals surface area contributed by atoms with Crippen molar-refractivity contribution in [2.75, 3.05) is 5.32 Å². The Morgan fingerprint density at radius 1 is 1.25 bits per heavy atom. The third-order valence-electron chi connectivity index (χ3n) is 3.04. The van der Waals surface area contributed by atoms with Gasteiger partial charge in [0.25, 0.3) is 0 Å². The van der Waals surface area contributed by atoms with E-state index >= 15 is 0 Å². The fraction of sp³-hybridized carbons (Fsp3) is 0.0667. The maximum atomic E-state index is 12.7. The molecule has 0 fully saturated rings. The van der Waals surface area contributed by atoms with Gasteiger partial charge in [-0.05, 0) is 23.8 Å². The summed E-state index contributed by atoms with van der Waals surface area (Å²) in [6.45, 7) is 0. The molecule has 2 aromatic heterocycles. The summed E-state index contributed by atoms with van der Waals surface area (Å²) in [4.78, 5) is 18.6. The lowest BCUT2D eigenvalue weighted by molar-refractivity contribution is -0.115. The fourth-order valence-corrected chi connectivity index (χ4v) is 2.11. The van der Waals surface area contributed by atoms with Crippen LogP contribution >= 0.6 is 0 Å². The average Bonchev–Trinajstić information content (AvgIpc) is 2.85. The highest BCUT2D eigenvalue weighted by molar-refractivity contribution is 5.95. The zero-order valence-corrected chi connectivity index (χ0v) is 10.6. The molecule has 0 saturated carbocycles. The number of rotatable bonds is 3. The second-order valence-corrected chi connectivity index (χ2v) is 4.45. The Morgan fingerprint density at radius 3 is 2.90 bits per heavy atom. The zero-order chi connectivity index (χ0) is 13.9. The van der Waals surface area contributed by atoms with Crippen molar-refractivity contribution in [3.8, 4) is 0 Å². The Morgan fingerprint density at radius 2 is 2.10 bits per heavy atom. The van der Waals surface area contributed by atoms with Gasteiger partial charge in [0.2, 0.25) is 11.9 Å². The summed E-state index contributed by atoms with van der Waals surface area (Å²) in [5, 5.41) is 3.72. The highest BCUT2D eigenvalue weighted by atomic mass is 19.1. The number of hydrogen-bond acceptors (Lipinski definition) is 2. The highest BCUT2D eigenvalue weighted by Crippen LogP contribution is 2.18. The van der Waals surface area contributed by atoms with E-state index in [-0.39, 0.29) is 12.3 Å². The number of fused-ring (bicyclic) bond motifs is 1. The number of para-hydroxylation sites is 1. The van der Waals surface area contributed by atoms with E-state index in [9.17, 15) is 9.18 Å². The molecule has 5 heteroatoms. The highest BCUT2D eigenvalue weighted by Gasteiger charge is 2.09. The summed E-state index contributed by atoms with van der Waals surface area (Å²) in [5.41, 5.74) is 2.41. The van der Waals surface area contributed by atoms with Gasteiger partial charge in [-0.25, -0.2) is 4.98 Å². The van der Waals surface area contributed by atoms with Crippen molar-refractivity contribution in [2.24, 2.45) is 0 Å². The van der Waals surface area contributed by atoms with Crippen molar-refractivity contribution >= 4 is 22.5 Å². The maximum absolute atomic E-state index is 12.7. The van der Waals surface area contributed by atoms with E-state index in [1.54, 1.807) is 0 Å². The number of anilines is 1. The Labute approximate surface area is 114 Å². The van der Waals surface area contributed by atoms with Crippen LogP contribution in [-0.2, 0) is 11.2 Å². The van der Waals surface area contributed by atoms with Crippen LogP contribution in [0.25, 0.3) is 10.9 Å². The number of aromatic nitrogens is 2. The normalized spacial score (nSPS) is 10.7. The van der Waals surface area contributed by atoms with Gasteiger partial charge in [-0.2, -0.15) is 4.39 Å². The second-order valence-electron chi connectivity index (χ2n) is 4.45. The minimum atomic E-state index is -0.570. The number of nitrogens with one attached hydrogen (secondary N) is 2. The Balaban J connectivity index is 1.74. The molecule has 0 aliphatic rings. The van der Waals surface area contributed by atoms with E-state index in [1.165, 1.54) is 18.3 Å². The standard InChI is InChI=1S/C15H12FN3O/c16-14-6-5-11(9-18-14)19-15(20)7-10-8-17-13-4-2-1-3-12(10)13/h1-6,8-9,17H,7H2,(H,19,20). The van der Waals surface area contributed by atoms with Gasteiger partial charge >= 0.3 is 0 Å². The summed E-state index contributed by atoms with van der Waals surface area (Å²) in [6, 6.07) is 10.5. The van der Waals surface area contributed by atoms with Gasteiger partial charge < -0.3 is 10.3 Å². The lowest BCUT2D eigenvalue weighted by Crippen LogP contribution is -2.14. The maximum Gasteiger partial charge on any atom is 0.228 e. The zero-order valence-electron chi connectivity index (χ0n) is 10.6. The van der Waals surface area contributed by atoms with E-state index in [0.717, 1.165) is 16.5 Å². The number of nitrogens with zero attached hydrogens (tertiary/aromatic N) is 1. The van der Waals surface area contributed by atoms with Crippen LogP contribution in [0.4, 0.5) is 10.1 Å². The molecule has 0 bridgehead atoms. The van der Waals surface area contributed by atoms with E-state index in [0.29, 0.717) is 5.69 Å². The second kappa shape index (κ2) is 5.13. The number of halogens is 1. The predicted octanol–water partition coefficient (Wildman–Crippen LogP) is 2.88. The molecule has 0 atom stereocenters. The number of H-pyrrole nitrogens is 1. The summed E-state index contributed by atoms with van der Waals surface area (Å²) < 4.78 is 12.7. The Bertz CT molecular complexity index is 749. The molecule has 1 aromatic carbocycles. The van der Waals surface area contributed by atoms with Gasteiger partial charge in [0.05, 0.1) is 18.3 Å². The van der Waals surface area contributed by atoms with E-state index in [1.807, 2.05) is 30.5 Å². The first kappa shape index (κ1) is 12.3. The van der Waals surface area contributed by atoms with Gasteiger partial charge in [0, 0.05) is 17.1 Å². The van der Waals surface area contributed by atoms with E-state index in [2.05, 4.69) is 15.3 Å². The summed E-state index contributed by atoms with van der Waals surface area (Å²) in [5.74, 6) is -0.734. The summed E-state index contributed by atoms with van der Waals surface area (Å²) >= 11 is 0. The number of carbonyl (C=O) groups excluding carboxylic acids is 1. The van der Waals surface area contributed by atoms with Gasteiger partial charge in [0.15, 0.2) is 0 Å². The van der Waals surface area contributed by atoms with Crippen LogP contribution in [-0.4, -0.2) is 15.9 Å². The molecule has 20 heavy (non-hydrogen) atoms. The van der Waals surface area contributed by atoms with E-state index < -0.39 is 5.95 Å². The predicted molar refractivity (Wildman–Crippen MR) is 74.8 cm³/mol. The molecule has 0 unspecified atom stereocenters. The lowest BCUT2D eigenvalue weighted by atomic mass is 10.1. The molecule has 2 N–H and O–H groups in total. The number of pyridine rings is 1. The first-order valence-electron chi connectivity index (χ1n) is 6.19. The minimum absolute atomic E-state index is 0.164. The number of aromatic amines is 1. The molecular formula is C15H12FN3O. The lowest BCUT2D eigenvalue weighted by Gasteiger charge is -2.04. The van der Waals surface area contributed by atoms with Gasteiger partial charge in [-0.15, -0.1) is 0 Å². The number of hydrogen-bond donors (Lipinski definition) is 2. The largest absolute Gasteiger partial charge is 0.361 e. The Hall–Kier alpha value is -2.69. The van der Waals surface area contributed by atoms with Crippen LogP contribution in [0.5, 0.6) is 0 Å². The molecule has 3 aromatic rings. The van der Waals surface area contributed by atoms with Gasteiger partial charge in [-0.3, -0.25) is 4.79 Å². The van der Waals surface area contributed by atoms with Crippen molar-refractivity contribution in [2.45, 2.75) is 6.42 Å². The molecule has 0 saturated heterocycles. The summed E-state index contributed by atoms with van der Waals surface area (Å²) in [6.07, 6.45) is 3.37. The van der Waals surface area contributed by atoms with Crippen LogP contribution in [0.15, 0.2) is 48.8 Å². The molecule has 1 amide bonds. The van der Waals surface area contributed by atoms with Gasteiger partial charge in [-0.1, -0.05) is 18.2 Å². The van der Waals surface area contributed by atoms with Crippen LogP contribution in [0.2, 0.25) is 0 Å². The van der Waals surface area contributed by atoms with Crippen LogP contribution in [0, 0.1) is 5.95 Å². The molecule has 0 aliphatic heterocycles. The third kappa shape index (κ3) is 2.51. The van der Waals surface area contributed by atoms with Crippen LogP contribution in [0.1, 0.15) is 5.56 Å². The Kier molecular flexibility index (Phi) is 3.16. The molecule has 100 valence electrons. The quantitative estimate of drug-likeness (QED) is 0.718.